The number of aromatic nitrogens is 5. The molecule has 0 aliphatic carbocycles. The first kappa shape index (κ1) is 18.5. The molecule has 3 aromatic heterocycles. The maximum absolute atomic E-state index is 12.7. The number of aryl methyl sites for hydroxylation is 1. The Bertz CT molecular complexity index is 1220. The van der Waals surface area contributed by atoms with Gasteiger partial charge < -0.3 is 4.74 Å². The summed E-state index contributed by atoms with van der Waals surface area (Å²) in [6.45, 7) is 4.09. The molecule has 1 aromatic carbocycles. The van der Waals surface area contributed by atoms with Crippen molar-refractivity contribution in [2.24, 2.45) is 14.1 Å². The number of ether oxygens (including phenoxy) is 1. The molecule has 0 bridgehead atoms. The fraction of sp³-hybridized carbons (Fsp3) is 0.250. The van der Waals surface area contributed by atoms with Crippen molar-refractivity contribution in [3.05, 3.63) is 63.5 Å². The molecular weight excluding hydrogens is 422 g/mol. The van der Waals surface area contributed by atoms with Gasteiger partial charge in [-0.3, -0.25) is 18.4 Å². The normalized spacial score (nSPS) is 11.5. The summed E-state index contributed by atoms with van der Waals surface area (Å²) < 4.78 is 12.0. The highest BCUT2D eigenvalue weighted by atomic mass is 79.9. The molecule has 3 heterocycles. The quantitative estimate of drug-likeness (QED) is 0.477. The van der Waals surface area contributed by atoms with Crippen LogP contribution in [0.4, 0.5) is 0 Å². The first-order valence-electron chi connectivity index (χ1n) is 8.89. The molecule has 0 fully saturated rings. The van der Waals surface area contributed by atoms with Crippen molar-refractivity contribution in [1.29, 1.82) is 0 Å². The molecule has 4 rings (SSSR count). The Hall–Kier alpha value is -2.87. The van der Waals surface area contributed by atoms with Gasteiger partial charge >= 0.3 is 0 Å². The molecular formula is C20H20BrN5O2. The fourth-order valence-corrected chi connectivity index (χ4v) is 3.72. The van der Waals surface area contributed by atoms with Gasteiger partial charge in [0.1, 0.15) is 22.8 Å². The molecule has 28 heavy (non-hydrogen) atoms. The van der Waals surface area contributed by atoms with E-state index in [2.05, 4.69) is 26.0 Å². The maximum atomic E-state index is 12.7. The van der Waals surface area contributed by atoms with E-state index in [1.165, 1.54) is 4.57 Å². The molecule has 4 aromatic rings. The summed E-state index contributed by atoms with van der Waals surface area (Å²) in [6, 6.07) is 7.61. The third-order valence-electron chi connectivity index (χ3n) is 4.57. The second-order valence-corrected chi connectivity index (χ2v) is 7.84. The van der Waals surface area contributed by atoms with Crippen LogP contribution in [0.15, 0.2) is 52.1 Å². The number of benzene rings is 1. The van der Waals surface area contributed by atoms with Gasteiger partial charge in [0.2, 0.25) is 5.88 Å². The van der Waals surface area contributed by atoms with E-state index in [1.807, 2.05) is 62.0 Å². The summed E-state index contributed by atoms with van der Waals surface area (Å²) in [5.41, 5.74) is 2.23. The predicted octanol–water partition coefficient (Wildman–Crippen LogP) is 4.11. The van der Waals surface area contributed by atoms with Gasteiger partial charge in [0.05, 0.1) is 16.9 Å². The highest BCUT2D eigenvalue weighted by Gasteiger charge is 2.15. The van der Waals surface area contributed by atoms with E-state index in [1.54, 1.807) is 17.9 Å². The third kappa shape index (κ3) is 3.13. The summed E-state index contributed by atoms with van der Waals surface area (Å²) in [5, 5.41) is 4.45. The van der Waals surface area contributed by atoms with Crippen molar-refractivity contribution in [3.63, 3.8) is 0 Å². The van der Waals surface area contributed by atoms with E-state index in [9.17, 15) is 4.79 Å². The molecule has 0 unspecified atom stereocenters. The van der Waals surface area contributed by atoms with Gasteiger partial charge in [-0.15, -0.1) is 0 Å². The number of hydrogen-bond acceptors (Lipinski definition) is 4. The lowest BCUT2D eigenvalue weighted by Gasteiger charge is -2.12. The van der Waals surface area contributed by atoms with E-state index in [0.717, 1.165) is 21.6 Å². The van der Waals surface area contributed by atoms with Crippen LogP contribution < -0.4 is 10.3 Å². The minimum Gasteiger partial charge on any atom is -0.439 e. The monoisotopic (exact) mass is 441 g/mol. The molecule has 0 spiro atoms. The summed E-state index contributed by atoms with van der Waals surface area (Å²) in [4.78, 5) is 17.0. The first-order chi connectivity index (χ1) is 13.3. The first-order valence-corrected chi connectivity index (χ1v) is 9.69. The van der Waals surface area contributed by atoms with Crippen molar-refractivity contribution in [3.8, 4) is 22.9 Å². The van der Waals surface area contributed by atoms with Crippen LogP contribution in [0.2, 0.25) is 0 Å². The van der Waals surface area contributed by atoms with Crippen molar-refractivity contribution in [2.75, 3.05) is 0 Å². The minimum atomic E-state index is -0.147. The number of fused-ring (bicyclic) bond motifs is 1. The Labute approximate surface area is 170 Å². The lowest BCUT2D eigenvalue weighted by Crippen LogP contribution is -2.20. The second-order valence-electron chi connectivity index (χ2n) is 6.98. The Morgan fingerprint density at radius 1 is 1.11 bits per heavy atom. The highest BCUT2D eigenvalue weighted by Crippen LogP contribution is 2.29. The van der Waals surface area contributed by atoms with E-state index in [-0.39, 0.29) is 11.5 Å². The number of rotatable bonds is 4. The zero-order chi connectivity index (χ0) is 20.0. The van der Waals surface area contributed by atoms with Crippen LogP contribution in [-0.4, -0.2) is 23.7 Å². The van der Waals surface area contributed by atoms with Gasteiger partial charge in [-0.05, 0) is 40.2 Å². The average molecular weight is 442 g/mol. The van der Waals surface area contributed by atoms with Gasteiger partial charge in [0.25, 0.3) is 5.56 Å². The van der Waals surface area contributed by atoms with E-state index in [0.29, 0.717) is 17.1 Å². The highest BCUT2D eigenvalue weighted by molar-refractivity contribution is 9.10. The Morgan fingerprint density at radius 2 is 1.82 bits per heavy atom. The van der Waals surface area contributed by atoms with E-state index >= 15 is 0 Å². The average Bonchev–Trinajstić information content (AvgIpc) is 3.23. The van der Waals surface area contributed by atoms with E-state index in [4.69, 9.17) is 4.74 Å². The summed E-state index contributed by atoms with van der Waals surface area (Å²) in [7, 11) is 3.57. The summed E-state index contributed by atoms with van der Waals surface area (Å²) in [5.74, 6) is 2.10. The summed E-state index contributed by atoms with van der Waals surface area (Å²) in [6.07, 6.45) is 5.32. The van der Waals surface area contributed by atoms with Crippen molar-refractivity contribution < 1.29 is 4.74 Å². The van der Waals surface area contributed by atoms with Crippen LogP contribution in [0.1, 0.15) is 25.6 Å². The molecule has 0 aliphatic rings. The van der Waals surface area contributed by atoms with Gasteiger partial charge in [0, 0.05) is 31.8 Å². The molecule has 8 heteroatoms. The van der Waals surface area contributed by atoms with Crippen molar-refractivity contribution in [1.82, 2.24) is 23.7 Å². The Kier molecular flexibility index (Phi) is 4.58. The molecule has 0 aliphatic heterocycles. The molecule has 0 radical (unpaired) electrons. The summed E-state index contributed by atoms with van der Waals surface area (Å²) >= 11 is 3.52. The van der Waals surface area contributed by atoms with Gasteiger partial charge in [-0.25, -0.2) is 4.98 Å². The third-order valence-corrected chi connectivity index (χ3v) is 5.15. The van der Waals surface area contributed by atoms with Gasteiger partial charge in [-0.2, -0.15) is 5.10 Å². The van der Waals surface area contributed by atoms with Crippen LogP contribution >= 0.6 is 15.9 Å². The molecule has 144 valence electrons. The molecule has 0 atom stereocenters. The number of halogens is 1. The fourth-order valence-electron chi connectivity index (χ4n) is 3.12. The SMILES string of the molecule is CC(C)c1ncc2c(=O)n(C)c(Oc3ccc(-c4nn(C)cc4Br)cc3)cn12. The number of imidazole rings is 1. The van der Waals surface area contributed by atoms with Gasteiger partial charge in [-0.1, -0.05) is 13.8 Å². The van der Waals surface area contributed by atoms with Crippen LogP contribution in [0.3, 0.4) is 0 Å². The van der Waals surface area contributed by atoms with Crippen molar-refractivity contribution >= 4 is 21.4 Å². The van der Waals surface area contributed by atoms with Crippen molar-refractivity contribution in [2.45, 2.75) is 19.8 Å². The van der Waals surface area contributed by atoms with Crippen LogP contribution in [0.5, 0.6) is 11.6 Å². The smallest absolute Gasteiger partial charge is 0.279 e. The van der Waals surface area contributed by atoms with Gasteiger partial charge in [0.15, 0.2) is 0 Å². The minimum absolute atomic E-state index is 0.147. The lowest BCUT2D eigenvalue weighted by molar-refractivity contribution is 0.430. The van der Waals surface area contributed by atoms with E-state index < -0.39 is 0 Å². The second kappa shape index (κ2) is 6.94. The molecule has 0 saturated heterocycles. The predicted molar refractivity (Wildman–Crippen MR) is 111 cm³/mol. The van der Waals surface area contributed by atoms with Crippen LogP contribution in [-0.2, 0) is 14.1 Å². The van der Waals surface area contributed by atoms with Crippen LogP contribution in [0, 0.1) is 0 Å². The lowest BCUT2D eigenvalue weighted by atomic mass is 10.1. The number of nitrogens with zero attached hydrogens (tertiary/aromatic N) is 5. The molecule has 0 N–H and O–H groups in total. The molecule has 0 amide bonds. The topological polar surface area (TPSA) is 66.4 Å². The standard InChI is InChI=1S/C20H20BrN5O2/c1-12(2)19-22-9-16-20(27)25(4)17(11-26(16)19)28-14-7-5-13(6-8-14)18-15(21)10-24(3)23-18/h5-12H,1-4H3. The zero-order valence-electron chi connectivity index (χ0n) is 16.0. The largest absolute Gasteiger partial charge is 0.439 e. The molecule has 7 nitrogen and oxygen atoms in total. The Morgan fingerprint density at radius 3 is 2.43 bits per heavy atom. The maximum Gasteiger partial charge on any atom is 0.279 e. The van der Waals surface area contributed by atoms with Crippen LogP contribution in [0.25, 0.3) is 16.8 Å². The zero-order valence-corrected chi connectivity index (χ0v) is 17.6. The Balaban J connectivity index is 1.70. The molecule has 0 saturated carbocycles. The number of hydrogen-bond donors (Lipinski definition) is 0.